The lowest BCUT2D eigenvalue weighted by molar-refractivity contribution is 0.0948. The topological polar surface area (TPSA) is 83.3 Å². The molecule has 1 aromatic heterocycles. The Morgan fingerprint density at radius 1 is 1.63 bits per heavy atom. The Balaban J connectivity index is 1.96. The van der Waals surface area contributed by atoms with Gasteiger partial charge in [0.1, 0.15) is 0 Å². The van der Waals surface area contributed by atoms with Crippen molar-refractivity contribution in [3.8, 4) is 0 Å². The van der Waals surface area contributed by atoms with E-state index in [1.807, 2.05) is 6.92 Å². The molecule has 0 saturated carbocycles. The van der Waals surface area contributed by atoms with Gasteiger partial charge in [0, 0.05) is 25.0 Å². The summed E-state index contributed by atoms with van der Waals surface area (Å²) >= 11 is 0. The summed E-state index contributed by atoms with van der Waals surface area (Å²) in [5.41, 5.74) is 4.46. The van der Waals surface area contributed by atoms with Crippen molar-refractivity contribution in [2.24, 2.45) is 11.8 Å². The standard InChI is InChI=1S/C13H21N5O/c1-9-5-12(17-14)11(7-15-9)13(19)16-6-10-3-4-18(2)8-10/h5,7,10H,3-4,6,8,14H2,1-2H3,(H,15,17)(H,16,19). The number of carbonyl (C=O) groups excluding carboxylic acids is 1. The number of anilines is 1. The maximum Gasteiger partial charge on any atom is 0.255 e. The highest BCUT2D eigenvalue weighted by Gasteiger charge is 2.20. The lowest BCUT2D eigenvalue weighted by atomic mass is 10.1. The number of nitrogens with two attached hydrogens (primary N) is 1. The number of likely N-dealkylation sites (tertiary alicyclic amines) is 1. The van der Waals surface area contributed by atoms with Gasteiger partial charge < -0.3 is 15.6 Å². The molecule has 1 fully saturated rings. The van der Waals surface area contributed by atoms with Crippen molar-refractivity contribution >= 4 is 11.6 Å². The van der Waals surface area contributed by atoms with Crippen LogP contribution in [-0.2, 0) is 0 Å². The monoisotopic (exact) mass is 263 g/mol. The number of carbonyl (C=O) groups is 1. The van der Waals surface area contributed by atoms with E-state index in [4.69, 9.17) is 5.84 Å². The van der Waals surface area contributed by atoms with E-state index in [9.17, 15) is 4.79 Å². The fraction of sp³-hybridized carbons (Fsp3) is 0.538. The molecule has 104 valence electrons. The number of aryl methyl sites for hydroxylation is 1. The van der Waals surface area contributed by atoms with Crippen molar-refractivity contribution in [1.29, 1.82) is 0 Å². The van der Waals surface area contributed by atoms with Crippen LogP contribution in [0.3, 0.4) is 0 Å². The first kappa shape index (κ1) is 13.8. The first-order chi connectivity index (χ1) is 9.10. The number of hydrogen-bond acceptors (Lipinski definition) is 5. The molecule has 2 heterocycles. The number of hydrazine groups is 1. The third-order valence-corrected chi connectivity index (χ3v) is 3.48. The molecule has 1 aliphatic rings. The average Bonchev–Trinajstić information content (AvgIpc) is 2.81. The minimum atomic E-state index is -0.130. The zero-order valence-electron chi connectivity index (χ0n) is 11.4. The Morgan fingerprint density at radius 2 is 2.42 bits per heavy atom. The summed E-state index contributed by atoms with van der Waals surface area (Å²) in [6, 6.07) is 1.76. The fourth-order valence-corrected chi connectivity index (χ4v) is 2.39. The van der Waals surface area contributed by atoms with Crippen molar-refractivity contribution in [3.63, 3.8) is 0 Å². The van der Waals surface area contributed by atoms with E-state index in [-0.39, 0.29) is 5.91 Å². The van der Waals surface area contributed by atoms with Crippen molar-refractivity contribution in [2.75, 3.05) is 32.1 Å². The Morgan fingerprint density at radius 3 is 3.05 bits per heavy atom. The highest BCUT2D eigenvalue weighted by atomic mass is 16.1. The molecule has 6 heteroatoms. The van der Waals surface area contributed by atoms with Crippen molar-refractivity contribution in [3.05, 3.63) is 23.5 Å². The van der Waals surface area contributed by atoms with Crippen molar-refractivity contribution in [2.45, 2.75) is 13.3 Å². The van der Waals surface area contributed by atoms with Gasteiger partial charge in [0.15, 0.2) is 0 Å². The van der Waals surface area contributed by atoms with Crippen LogP contribution in [0.2, 0.25) is 0 Å². The van der Waals surface area contributed by atoms with Gasteiger partial charge in [-0.3, -0.25) is 15.6 Å². The number of nitrogen functional groups attached to an aromatic ring is 1. The van der Waals surface area contributed by atoms with Gasteiger partial charge in [-0.25, -0.2) is 0 Å². The molecule has 4 N–H and O–H groups in total. The minimum absolute atomic E-state index is 0.130. The number of pyridine rings is 1. The van der Waals surface area contributed by atoms with E-state index in [0.29, 0.717) is 23.7 Å². The SMILES string of the molecule is Cc1cc(NN)c(C(=O)NCC2CCN(C)C2)cn1. The summed E-state index contributed by atoms with van der Waals surface area (Å²) in [5.74, 6) is 5.83. The molecular weight excluding hydrogens is 242 g/mol. The largest absolute Gasteiger partial charge is 0.352 e. The van der Waals surface area contributed by atoms with Crippen molar-refractivity contribution < 1.29 is 4.79 Å². The lowest BCUT2D eigenvalue weighted by Crippen LogP contribution is -2.31. The molecule has 0 radical (unpaired) electrons. The molecule has 0 aromatic carbocycles. The van der Waals surface area contributed by atoms with E-state index in [0.717, 1.165) is 25.2 Å². The molecule has 0 aliphatic carbocycles. The van der Waals surface area contributed by atoms with Crippen LogP contribution in [0.4, 0.5) is 5.69 Å². The molecule has 1 aromatic rings. The normalized spacial score (nSPS) is 19.4. The molecule has 19 heavy (non-hydrogen) atoms. The molecule has 1 aliphatic heterocycles. The van der Waals surface area contributed by atoms with Crippen LogP contribution in [0, 0.1) is 12.8 Å². The van der Waals surface area contributed by atoms with Gasteiger partial charge in [-0.15, -0.1) is 0 Å². The van der Waals surface area contributed by atoms with Crippen molar-refractivity contribution in [1.82, 2.24) is 15.2 Å². The van der Waals surface area contributed by atoms with Gasteiger partial charge in [-0.05, 0) is 38.9 Å². The van der Waals surface area contributed by atoms with E-state index in [2.05, 4.69) is 27.7 Å². The molecule has 1 unspecified atom stereocenters. The van der Waals surface area contributed by atoms with Gasteiger partial charge in [0.2, 0.25) is 0 Å². The van der Waals surface area contributed by atoms with Crippen LogP contribution < -0.4 is 16.6 Å². The van der Waals surface area contributed by atoms with Crippen LogP contribution in [0.15, 0.2) is 12.3 Å². The summed E-state index contributed by atoms with van der Waals surface area (Å²) < 4.78 is 0. The van der Waals surface area contributed by atoms with Gasteiger partial charge in [-0.1, -0.05) is 0 Å². The highest BCUT2D eigenvalue weighted by Crippen LogP contribution is 2.16. The van der Waals surface area contributed by atoms with Gasteiger partial charge in [0.05, 0.1) is 11.3 Å². The Hall–Kier alpha value is -1.66. The number of amides is 1. The van der Waals surface area contributed by atoms with Crippen LogP contribution >= 0.6 is 0 Å². The quantitative estimate of drug-likeness (QED) is 0.539. The molecule has 1 amide bonds. The zero-order chi connectivity index (χ0) is 13.8. The number of rotatable bonds is 4. The number of aromatic nitrogens is 1. The Kier molecular flexibility index (Phi) is 4.34. The molecule has 2 rings (SSSR count). The van der Waals surface area contributed by atoms with E-state index in [1.54, 1.807) is 12.3 Å². The zero-order valence-corrected chi connectivity index (χ0v) is 11.4. The lowest BCUT2D eigenvalue weighted by Gasteiger charge is -2.13. The molecule has 1 saturated heterocycles. The summed E-state index contributed by atoms with van der Waals surface area (Å²) in [6.07, 6.45) is 2.69. The maximum absolute atomic E-state index is 12.1. The summed E-state index contributed by atoms with van der Waals surface area (Å²) in [5, 5.41) is 2.95. The fourth-order valence-electron chi connectivity index (χ4n) is 2.39. The van der Waals surface area contributed by atoms with Crippen LogP contribution in [0.25, 0.3) is 0 Å². The number of nitrogens with zero attached hydrogens (tertiary/aromatic N) is 2. The molecule has 0 bridgehead atoms. The van der Waals surface area contributed by atoms with E-state index in [1.165, 1.54) is 0 Å². The molecule has 0 spiro atoms. The number of nitrogens with one attached hydrogen (secondary N) is 2. The van der Waals surface area contributed by atoms with E-state index < -0.39 is 0 Å². The minimum Gasteiger partial charge on any atom is -0.352 e. The first-order valence-corrected chi connectivity index (χ1v) is 6.50. The van der Waals surface area contributed by atoms with Crippen LogP contribution in [0.1, 0.15) is 22.5 Å². The van der Waals surface area contributed by atoms with Crippen LogP contribution in [0.5, 0.6) is 0 Å². The van der Waals surface area contributed by atoms with Crippen LogP contribution in [-0.4, -0.2) is 42.5 Å². The predicted molar refractivity (Wildman–Crippen MR) is 74.7 cm³/mol. The molecule has 1 atom stereocenters. The van der Waals surface area contributed by atoms with Gasteiger partial charge in [0.25, 0.3) is 5.91 Å². The predicted octanol–water partition coefficient (Wildman–Crippen LogP) is 0.357. The second kappa shape index (κ2) is 5.99. The van der Waals surface area contributed by atoms with Gasteiger partial charge in [-0.2, -0.15) is 0 Å². The Bertz CT molecular complexity index is 462. The third-order valence-electron chi connectivity index (χ3n) is 3.48. The maximum atomic E-state index is 12.1. The highest BCUT2D eigenvalue weighted by molar-refractivity contribution is 5.99. The number of hydrogen-bond donors (Lipinski definition) is 3. The second-order valence-electron chi connectivity index (χ2n) is 5.14. The van der Waals surface area contributed by atoms with Gasteiger partial charge >= 0.3 is 0 Å². The van der Waals surface area contributed by atoms with E-state index >= 15 is 0 Å². The average molecular weight is 263 g/mol. The molecule has 6 nitrogen and oxygen atoms in total. The summed E-state index contributed by atoms with van der Waals surface area (Å²) in [7, 11) is 2.10. The second-order valence-corrected chi connectivity index (χ2v) is 5.14. The smallest absolute Gasteiger partial charge is 0.255 e. The third kappa shape index (κ3) is 3.42. The summed E-state index contributed by atoms with van der Waals surface area (Å²) in [4.78, 5) is 18.5. The Labute approximate surface area is 113 Å². The molecular formula is C13H21N5O. The summed E-state index contributed by atoms with van der Waals surface area (Å²) in [6.45, 7) is 4.69. The first-order valence-electron chi connectivity index (χ1n) is 6.50.